The third kappa shape index (κ3) is 4.92. The van der Waals surface area contributed by atoms with E-state index in [2.05, 4.69) is 5.32 Å². The zero-order chi connectivity index (χ0) is 19.1. The van der Waals surface area contributed by atoms with Gasteiger partial charge in [0.1, 0.15) is 5.75 Å². The van der Waals surface area contributed by atoms with Gasteiger partial charge in [0.15, 0.2) is 18.1 Å². The van der Waals surface area contributed by atoms with Crippen LogP contribution in [-0.2, 0) is 4.79 Å². The number of hydrogen-bond acceptors (Lipinski definition) is 4. The molecule has 2 aromatic rings. The molecular formula is C20H22ClNO4. The number of allylic oxidation sites excluding steroid dienone is 1. The number of aryl methyl sites for hydroxylation is 1. The second kappa shape index (κ2) is 9.15. The molecule has 0 heterocycles. The van der Waals surface area contributed by atoms with Gasteiger partial charge in [-0.2, -0.15) is 0 Å². The first-order valence-electron chi connectivity index (χ1n) is 8.06. The van der Waals surface area contributed by atoms with Crippen molar-refractivity contribution >= 4 is 29.3 Å². The van der Waals surface area contributed by atoms with E-state index in [9.17, 15) is 4.79 Å². The van der Waals surface area contributed by atoms with E-state index in [1.165, 1.54) is 7.11 Å². The number of nitrogens with one attached hydrogen (secondary N) is 1. The third-order valence-electron chi connectivity index (χ3n) is 3.66. The number of ether oxygens (including phenoxy) is 3. The summed E-state index contributed by atoms with van der Waals surface area (Å²) in [4.78, 5) is 12.2. The highest BCUT2D eigenvalue weighted by atomic mass is 35.5. The fourth-order valence-electron chi connectivity index (χ4n) is 2.36. The first kappa shape index (κ1) is 19.7. The summed E-state index contributed by atoms with van der Waals surface area (Å²) in [7, 11) is 3.08. The average molecular weight is 376 g/mol. The summed E-state index contributed by atoms with van der Waals surface area (Å²) in [5.41, 5.74) is 2.37. The lowest BCUT2D eigenvalue weighted by Gasteiger charge is -2.14. The number of rotatable bonds is 7. The predicted molar refractivity (Wildman–Crippen MR) is 105 cm³/mol. The van der Waals surface area contributed by atoms with Gasteiger partial charge in [-0.25, -0.2) is 0 Å². The molecule has 0 spiro atoms. The molecule has 6 heteroatoms. The summed E-state index contributed by atoms with van der Waals surface area (Å²) in [6, 6.07) is 8.93. The molecule has 0 saturated carbocycles. The van der Waals surface area contributed by atoms with Gasteiger partial charge in [0, 0.05) is 11.1 Å². The van der Waals surface area contributed by atoms with Crippen LogP contribution >= 0.6 is 11.6 Å². The van der Waals surface area contributed by atoms with Crippen LogP contribution in [0, 0.1) is 6.92 Å². The Morgan fingerprint density at radius 2 is 1.85 bits per heavy atom. The Bertz CT molecular complexity index is 818. The lowest BCUT2D eigenvalue weighted by atomic mass is 10.2. The largest absolute Gasteiger partial charge is 0.495 e. The molecule has 1 N–H and O–H groups in total. The van der Waals surface area contributed by atoms with Crippen LogP contribution in [0.1, 0.15) is 18.1 Å². The maximum absolute atomic E-state index is 12.2. The highest BCUT2D eigenvalue weighted by molar-refractivity contribution is 6.31. The van der Waals surface area contributed by atoms with Crippen LogP contribution in [0.15, 0.2) is 36.4 Å². The number of hydrogen-bond donors (Lipinski definition) is 1. The van der Waals surface area contributed by atoms with Gasteiger partial charge < -0.3 is 19.5 Å². The van der Waals surface area contributed by atoms with E-state index in [0.29, 0.717) is 28.0 Å². The maximum Gasteiger partial charge on any atom is 0.262 e. The Labute approximate surface area is 158 Å². The summed E-state index contributed by atoms with van der Waals surface area (Å²) < 4.78 is 16.2. The minimum Gasteiger partial charge on any atom is -0.495 e. The predicted octanol–water partition coefficient (Wildman–Crippen LogP) is 4.72. The van der Waals surface area contributed by atoms with Gasteiger partial charge >= 0.3 is 0 Å². The fourth-order valence-corrected chi connectivity index (χ4v) is 2.51. The van der Waals surface area contributed by atoms with Gasteiger partial charge in [-0.1, -0.05) is 29.8 Å². The summed E-state index contributed by atoms with van der Waals surface area (Å²) in [5, 5.41) is 3.34. The molecule has 0 bridgehead atoms. The minimum atomic E-state index is -0.315. The molecule has 0 aliphatic heterocycles. The van der Waals surface area contributed by atoms with Crippen molar-refractivity contribution in [3.05, 3.63) is 52.6 Å². The number of benzene rings is 2. The van der Waals surface area contributed by atoms with Crippen molar-refractivity contribution in [3.8, 4) is 17.2 Å². The minimum absolute atomic E-state index is 0.163. The van der Waals surface area contributed by atoms with E-state index >= 15 is 0 Å². The van der Waals surface area contributed by atoms with Gasteiger partial charge in [-0.15, -0.1) is 0 Å². The fraction of sp³-hybridized carbons (Fsp3) is 0.250. The lowest BCUT2D eigenvalue weighted by Crippen LogP contribution is -2.20. The van der Waals surface area contributed by atoms with E-state index in [-0.39, 0.29) is 12.5 Å². The first-order chi connectivity index (χ1) is 12.5. The van der Waals surface area contributed by atoms with Crippen molar-refractivity contribution < 1.29 is 19.0 Å². The molecule has 0 aliphatic carbocycles. The summed E-state index contributed by atoms with van der Waals surface area (Å²) in [6.07, 6.45) is 3.89. The van der Waals surface area contributed by atoms with Crippen molar-refractivity contribution in [1.29, 1.82) is 0 Å². The number of carbonyl (C=O) groups is 1. The van der Waals surface area contributed by atoms with E-state index in [0.717, 1.165) is 11.1 Å². The third-order valence-corrected chi connectivity index (χ3v) is 4.07. The van der Waals surface area contributed by atoms with Crippen LogP contribution in [0.4, 0.5) is 5.69 Å². The second-order valence-corrected chi connectivity index (χ2v) is 5.96. The molecule has 1 amide bonds. The van der Waals surface area contributed by atoms with Crippen LogP contribution in [-0.4, -0.2) is 26.7 Å². The van der Waals surface area contributed by atoms with Gasteiger partial charge in [0.05, 0.1) is 19.9 Å². The SMILES string of the molecule is CC=Cc1ccc(OCC(=O)Nc2cc(C)c(Cl)cc2OC)c(OC)c1. The van der Waals surface area contributed by atoms with Crippen molar-refractivity contribution in [3.63, 3.8) is 0 Å². The van der Waals surface area contributed by atoms with Crippen molar-refractivity contribution in [2.45, 2.75) is 13.8 Å². The molecule has 26 heavy (non-hydrogen) atoms. The summed E-state index contributed by atoms with van der Waals surface area (Å²) in [6.45, 7) is 3.63. The van der Waals surface area contributed by atoms with Crippen LogP contribution in [0.3, 0.4) is 0 Å². The van der Waals surface area contributed by atoms with E-state index in [1.54, 1.807) is 25.3 Å². The topological polar surface area (TPSA) is 56.8 Å². The Morgan fingerprint density at radius 1 is 1.12 bits per heavy atom. The van der Waals surface area contributed by atoms with Gasteiger partial charge in [-0.3, -0.25) is 4.79 Å². The van der Waals surface area contributed by atoms with Gasteiger partial charge in [-0.05, 0) is 43.2 Å². The number of methoxy groups -OCH3 is 2. The zero-order valence-electron chi connectivity index (χ0n) is 15.3. The molecule has 0 aromatic heterocycles. The van der Waals surface area contributed by atoms with Crippen LogP contribution < -0.4 is 19.5 Å². The summed E-state index contributed by atoms with van der Waals surface area (Å²) >= 11 is 6.07. The Hall–Kier alpha value is -2.66. The van der Waals surface area contributed by atoms with E-state index < -0.39 is 0 Å². The smallest absolute Gasteiger partial charge is 0.262 e. The number of carbonyl (C=O) groups excluding carboxylic acids is 1. The van der Waals surface area contributed by atoms with Crippen LogP contribution in [0.25, 0.3) is 6.08 Å². The van der Waals surface area contributed by atoms with Gasteiger partial charge in [0.25, 0.3) is 5.91 Å². The highest BCUT2D eigenvalue weighted by Gasteiger charge is 2.12. The molecule has 0 fully saturated rings. The Kier molecular flexibility index (Phi) is 6.92. The maximum atomic E-state index is 12.2. The van der Waals surface area contributed by atoms with Crippen LogP contribution in [0.5, 0.6) is 17.2 Å². The molecule has 5 nitrogen and oxygen atoms in total. The lowest BCUT2D eigenvalue weighted by molar-refractivity contribution is -0.118. The molecule has 2 rings (SSSR count). The van der Waals surface area contributed by atoms with Crippen molar-refractivity contribution in [1.82, 2.24) is 0 Å². The Balaban J connectivity index is 2.07. The number of amides is 1. The summed E-state index contributed by atoms with van der Waals surface area (Å²) in [5.74, 6) is 1.23. The molecule has 0 aliphatic rings. The first-order valence-corrected chi connectivity index (χ1v) is 8.43. The number of halogens is 1. The second-order valence-electron chi connectivity index (χ2n) is 5.55. The molecule has 2 aromatic carbocycles. The molecule has 0 radical (unpaired) electrons. The molecule has 0 unspecified atom stereocenters. The molecule has 0 atom stereocenters. The average Bonchev–Trinajstić information content (AvgIpc) is 2.63. The van der Waals surface area contributed by atoms with Crippen LogP contribution in [0.2, 0.25) is 5.02 Å². The molecular weight excluding hydrogens is 354 g/mol. The number of anilines is 1. The molecule has 138 valence electrons. The highest BCUT2D eigenvalue weighted by Crippen LogP contribution is 2.31. The van der Waals surface area contributed by atoms with E-state index in [4.69, 9.17) is 25.8 Å². The quantitative estimate of drug-likeness (QED) is 0.761. The van der Waals surface area contributed by atoms with E-state index in [1.807, 2.05) is 38.1 Å². The van der Waals surface area contributed by atoms with Crippen molar-refractivity contribution in [2.24, 2.45) is 0 Å². The van der Waals surface area contributed by atoms with Crippen molar-refractivity contribution in [2.75, 3.05) is 26.1 Å². The molecule has 0 saturated heterocycles. The zero-order valence-corrected chi connectivity index (χ0v) is 16.0. The van der Waals surface area contributed by atoms with Gasteiger partial charge in [0.2, 0.25) is 0 Å². The monoisotopic (exact) mass is 375 g/mol. The Morgan fingerprint density at radius 3 is 2.50 bits per heavy atom. The standard InChI is InChI=1S/C20H22ClNO4/c1-5-6-14-7-8-17(19(10-14)25-4)26-12-20(23)22-16-9-13(2)15(21)11-18(16)24-3/h5-11H,12H2,1-4H3,(H,22,23). The normalized spacial score (nSPS) is 10.7.